The van der Waals surface area contributed by atoms with Crippen molar-refractivity contribution in [1.82, 2.24) is 14.9 Å². The summed E-state index contributed by atoms with van der Waals surface area (Å²) in [6.45, 7) is 4.07. The molecule has 1 aromatic rings. The first-order chi connectivity index (χ1) is 13.7. The highest BCUT2D eigenvalue weighted by atomic mass is 32.2. The number of piperidine rings is 1. The van der Waals surface area contributed by atoms with E-state index in [-0.39, 0.29) is 12.1 Å². The molecule has 1 aromatic carbocycles. The lowest BCUT2D eigenvalue weighted by Crippen LogP contribution is -2.45. The van der Waals surface area contributed by atoms with Gasteiger partial charge in [0.2, 0.25) is 0 Å². The Morgan fingerprint density at radius 1 is 1.07 bits per heavy atom. The lowest BCUT2D eigenvalue weighted by atomic mass is 9.99. The second-order valence-electron chi connectivity index (χ2n) is 7.93. The standard InChI is InChI=1S/C21H30N4O2S/c1-2-22-21(27)25-11-9-16(10-12-25)28-24-20(26)23-19-17-7-3-5-14(17)13-15-6-4-8-18(15)19/h13,16H,2-12H2,1H3,(H,22,27)(H2,23,24,26). The number of amides is 4. The van der Waals surface area contributed by atoms with Gasteiger partial charge in [-0.05, 0) is 92.5 Å². The smallest absolute Gasteiger partial charge is 0.329 e. The minimum Gasteiger partial charge on any atom is -0.338 e. The molecular weight excluding hydrogens is 372 g/mol. The molecule has 0 aromatic heterocycles. The van der Waals surface area contributed by atoms with Gasteiger partial charge in [0.15, 0.2) is 0 Å². The summed E-state index contributed by atoms with van der Waals surface area (Å²) in [7, 11) is 0. The van der Waals surface area contributed by atoms with Crippen LogP contribution in [0.1, 0.15) is 54.9 Å². The third-order valence-electron chi connectivity index (χ3n) is 6.09. The Balaban J connectivity index is 1.30. The van der Waals surface area contributed by atoms with E-state index in [4.69, 9.17) is 0 Å². The van der Waals surface area contributed by atoms with Gasteiger partial charge in [-0.3, -0.25) is 4.72 Å². The topological polar surface area (TPSA) is 73.5 Å². The van der Waals surface area contributed by atoms with Crippen molar-refractivity contribution in [2.75, 3.05) is 25.0 Å². The van der Waals surface area contributed by atoms with Crippen molar-refractivity contribution in [3.63, 3.8) is 0 Å². The Labute approximate surface area is 171 Å². The Kier molecular flexibility index (Phi) is 5.99. The molecule has 4 rings (SSSR count). The second-order valence-corrected chi connectivity index (χ2v) is 9.04. The minimum absolute atomic E-state index is 0.0171. The van der Waals surface area contributed by atoms with E-state index in [1.165, 1.54) is 47.0 Å². The number of fused-ring (bicyclic) bond motifs is 2. The highest BCUT2D eigenvalue weighted by Crippen LogP contribution is 2.38. The van der Waals surface area contributed by atoms with Gasteiger partial charge in [0, 0.05) is 30.6 Å². The predicted octanol–water partition coefficient (Wildman–Crippen LogP) is 3.63. The van der Waals surface area contributed by atoms with E-state index in [1.807, 2.05) is 11.8 Å². The number of nitrogens with one attached hydrogen (secondary N) is 3. The summed E-state index contributed by atoms with van der Waals surface area (Å²) in [5.74, 6) is 0. The molecule has 1 aliphatic heterocycles. The Morgan fingerprint density at radius 3 is 2.32 bits per heavy atom. The van der Waals surface area contributed by atoms with Gasteiger partial charge in [-0.25, -0.2) is 9.59 Å². The molecule has 0 saturated carbocycles. The van der Waals surface area contributed by atoms with E-state index in [9.17, 15) is 9.59 Å². The van der Waals surface area contributed by atoms with Crippen LogP contribution in [0.5, 0.6) is 0 Å². The van der Waals surface area contributed by atoms with Crippen LogP contribution in [0, 0.1) is 0 Å². The number of likely N-dealkylation sites (tertiary alicyclic amines) is 1. The fraction of sp³-hybridized carbons (Fsp3) is 0.619. The Hall–Kier alpha value is -1.89. The van der Waals surface area contributed by atoms with E-state index in [1.54, 1.807) is 0 Å². The maximum Gasteiger partial charge on any atom is 0.329 e. The van der Waals surface area contributed by atoms with Crippen LogP contribution in [0.4, 0.5) is 15.3 Å². The molecule has 6 nitrogen and oxygen atoms in total. The van der Waals surface area contributed by atoms with E-state index in [2.05, 4.69) is 21.4 Å². The highest BCUT2D eigenvalue weighted by Gasteiger charge is 2.26. The van der Waals surface area contributed by atoms with Gasteiger partial charge in [-0.1, -0.05) is 6.07 Å². The SMILES string of the molecule is CCNC(=O)N1CCC(SNC(=O)Nc2c3c(cc4c2CCC4)CCC3)CC1. The lowest BCUT2D eigenvalue weighted by molar-refractivity contribution is 0.188. The Morgan fingerprint density at radius 2 is 1.71 bits per heavy atom. The first-order valence-electron chi connectivity index (χ1n) is 10.6. The summed E-state index contributed by atoms with van der Waals surface area (Å²) >= 11 is 1.50. The van der Waals surface area contributed by atoms with Gasteiger partial charge < -0.3 is 15.5 Å². The van der Waals surface area contributed by atoms with Crippen molar-refractivity contribution >= 4 is 29.7 Å². The molecule has 3 aliphatic rings. The quantitative estimate of drug-likeness (QED) is 0.674. The monoisotopic (exact) mass is 402 g/mol. The first-order valence-corrected chi connectivity index (χ1v) is 11.5. The minimum atomic E-state index is -0.120. The lowest BCUT2D eigenvalue weighted by Gasteiger charge is -2.31. The van der Waals surface area contributed by atoms with Gasteiger partial charge in [0.05, 0.1) is 0 Å². The van der Waals surface area contributed by atoms with Crippen molar-refractivity contribution in [2.24, 2.45) is 0 Å². The van der Waals surface area contributed by atoms with E-state index in [0.717, 1.165) is 57.3 Å². The first kappa shape index (κ1) is 19.4. The van der Waals surface area contributed by atoms with Crippen molar-refractivity contribution in [1.29, 1.82) is 0 Å². The number of hydrogen-bond acceptors (Lipinski definition) is 3. The predicted molar refractivity (Wildman–Crippen MR) is 114 cm³/mol. The number of nitrogens with zero attached hydrogens (tertiary/aromatic N) is 1. The van der Waals surface area contributed by atoms with E-state index in [0.29, 0.717) is 11.8 Å². The maximum absolute atomic E-state index is 12.6. The zero-order valence-corrected chi connectivity index (χ0v) is 17.4. The number of hydrogen-bond donors (Lipinski definition) is 3. The van der Waals surface area contributed by atoms with Gasteiger partial charge in [0.1, 0.15) is 0 Å². The van der Waals surface area contributed by atoms with Crippen molar-refractivity contribution in [3.8, 4) is 0 Å². The van der Waals surface area contributed by atoms with Gasteiger partial charge >= 0.3 is 12.1 Å². The number of anilines is 1. The van der Waals surface area contributed by atoms with Crippen LogP contribution in [0.15, 0.2) is 6.07 Å². The maximum atomic E-state index is 12.6. The van der Waals surface area contributed by atoms with Crippen LogP contribution in [-0.4, -0.2) is 41.8 Å². The fourth-order valence-electron chi connectivity index (χ4n) is 4.68. The molecule has 2 aliphatic carbocycles. The summed E-state index contributed by atoms with van der Waals surface area (Å²) in [6.07, 6.45) is 8.60. The number of benzene rings is 1. The summed E-state index contributed by atoms with van der Waals surface area (Å²) < 4.78 is 3.00. The van der Waals surface area contributed by atoms with Crippen LogP contribution in [-0.2, 0) is 25.7 Å². The van der Waals surface area contributed by atoms with Crippen LogP contribution in [0.2, 0.25) is 0 Å². The average molecular weight is 403 g/mol. The highest BCUT2D eigenvalue weighted by molar-refractivity contribution is 7.98. The Bertz CT molecular complexity index is 727. The van der Waals surface area contributed by atoms with Crippen LogP contribution < -0.4 is 15.4 Å². The van der Waals surface area contributed by atoms with Gasteiger partial charge in [-0.2, -0.15) is 0 Å². The third kappa shape index (κ3) is 4.09. The molecule has 152 valence electrons. The number of urea groups is 2. The summed E-state index contributed by atoms with van der Waals surface area (Å²) in [5.41, 5.74) is 6.67. The molecule has 3 N–H and O–H groups in total. The van der Waals surface area contributed by atoms with Gasteiger partial charge in [-0.15, -0.1) is 0 Å². The molecule has 28 heavy (non-hydrogen) atoms. The third-order valence-corrected chi connectivity index (χ3v) is 7.20. The average Bonchev–Trinajstić information content (AvgIpc) is 3.36. The largest absolute Gasteiger partial charge is 0.338 e. The zero-order valence-electron chi connectivity index (χ0n) is 16.6. The number of aryl methyl sites for hydroxylation is 2. The van der Waals surface area contributed by atoms with Crippen molar-refractivity contribution < 1.29 is 9.59 Å². The second kappa shape index (κ2) is 8.64. The molecule has 4 amide bonds. The van der Waals surface area contributed by atoms with E-state index >= 15 is 0 Å². The molecule has 0 atom stereocenters. The zero-order chi connectivity index (χ0) is 19.5. The van der Waals surface area contributed by atoms with Crippen LogP contribution in [0.25, 0.3) is 0 Å². The number of carbonyl (C=O) groups is 2. The molecule has 0 spiro atoms. The number of rotatable bonds is 4. The van der Waals surface area contributed by atoms with E-state index < -0.39 is 0 Å². The molecule has 0 bridgehead atoms. The molecule has 7 heteroatoms. The van der Waals surface area contributed by atoms with Crippen molar-refractivity contribution in [3.05, 3.63) is 28.3 Å². The molecule has 1 fully saturated rings. The summed E-state index contributed by atoms with van der Waals surface area (Å²) in [6, 6.07) is 2.28. The van der Waals surface area contributed by atoms with Crippen LogP contribution in [0.3, 0.4) is 0 Å². The van der Waals surface area contributed by atoms with Crippen molar-refractivity contribution in [2.45, 2.75) is 63.5 Å². The normalized spacial score (nSPS) is 18.5. The molecule has 0 radical (unpaired) electrons. The summed E-state index contributed by atoms with van der Waals surface area (Å²) in [5, 5.41) is 6.38. The molecular formula is C21H30N4O2S. The van der Waals surface area contributed by atoms with Crippen LogP contribution >= 0.6 is 11.9 Å². The molecule has 1 saturated heterocycles. The molecule has 1 heterocycles. The molecule has 0 unspecified atom stereocenters. The summed E-state index contributed by atoms with van der Waals surface area (Å²) in [4.78, 5) is 26.3. The number of carbonyl (C=O) groups excluding carboxylic acids is 2. The fourth-order valence-corrected chi connectivity index (χ4v) is 5.45. The van der Waals surface area contributed by atoms with Gasteiger partial charge in [0.25, 0.3) is 0 Å².